The molecule has 3 aromatic heterocycles. The van der Waals surface area contributed by atoms with Gasteiger partial charge in [-0.1, -0.05) is 13.5 Å². The Morgan fingerprint density at radius 2 is 1.76 bits per heavy atom. The fourth-order valence-electron chi connectivity index (χ4n) is 1.96. The van der Waals surface area contributed by atoms with Crippen molar-refractivity contribution in [3.63, 3.8) is 0 Å². The van der Waals surface area contributed by atoms with Gasteiger partial charge in [0, 0.05) is 30.5 Å². The number of aromatic amines is 1. The maximum absolute atomic E-state index is 5.36. The van der Waals surface area contributed by atoms with Crippen molar-refractivity contribution in [3.05, 3.63) is 60.9 Å². The lowest BCUT2D eigenvalue weighted by molar-refractivity contribution is -0.364. The Kier molecular flexibility index (Phi) is 4.61. The highest BCUT2D eigenvalue weighted by atomic mass is 16.5. The standard InChI is InChI=1S/C16H13N3O.CH4/c1-20-12-10-15(13-6-2-4-8-17-13)19-16(11-12)14-7-3-5-9-18-14;/h2-11H,1H3;1H4/p+1. The van der Waals surface area contributed by atoms with Gasteiger partial charge in [-0.25, -0.2) is 9.97 Å². The molecule has 4 heteroatoms. The largest absolute Gasteiger partial charge is 0.497 e. The van der Waals surface area contributed by atoms with Crippen molar-refractivity contribution in [2.45, 2.75) is 7.43 Å². The van der Waals surface area contributed by atoms with E-state index < -0.39 is 0 Å². The molecule has 0 spiro atoms. The van der Waals surface area contributed by atoms with Crippen LogP contribution in [0.1, 0.15) is 7.43 Å². The Hall–Kier alpha value is -2.75. The van der Waals surface area contributed by atoms with E-state index in [0.717, 1.165) is 28.5 Å². The van der Waals surface area contributed by atoms with Crippen LogP contribution in [0.3, 0.4) is 0 Å². The van der Waals surface area contributed by atoms with E-state index in [0.29, 0.717) is 0 Å². The minimum Gasteiger partial charge on any atom is -0.497 e. The van der Waals surface area contributed by atoms with Crippen LogP contribution >= 0.6 is 0 Å². The molecule has 1 N–H and O–H groups in total. The molecule has 4 nitrogen and oxygen atoms in total. The molecule has 21 heavy (non-hydrogen) atoms. The predicted octanol–water partition coefficient (Wildman–Crippen LogP) is 3.27. The maximum atomic E-state index is 5.36. The van der Waals surface area contributed by atoms with Crippen LogP contribution < -0.4 is 9.72 Å². The first-order valence-electron chi connectivity index (χ1n) is 6.31. The molecule has 3 rings (SSSR count). The molecule has 0 saturated carbocycles. The number of nitrogens with one attached hydrogen (secondary N) is 1. The highest BCUT2D eigenvalue weighted by Gasteiger charge is 2.11. The van der Waals surface area contributed by atoms with E-state index in [1.54, 1.807) is 13.3 Å². The number of H-pyrrole nitrogens is 1. The second-order valence-electron chi connectivity index (χ2n) is 4.27. The molecule has 0 aliphatic carbocycles. The van der Waals surface area contributed by atoms with Crippen LogP contribution in [-0.2, 0) is 0 Å². The third-order valence-corrected chi connectivity index (χ3v) is 2.95. The smallest absolute Gasteiger partial charge is 0.229 e. The summed E-state index contributed by atoms with van der Waals surface area (Å²) in [6.07, 6.45) is 3.63. The van der Waals surface area contributed by atoms with Crippen LogP contribution in [0.15, 0.2) is 60.9 Å². The highest BCUT2D eigenvalue weighted by Crippen LogP contribution is 2.25. The molecule has 0 bridgehead atoms. The molecule has 0 aliphatic rings. The molecule has 3 aromatic rings. The molecule has 3 heterocycles. The van der Waals surface area contributed by atoms with Crippen LogP contribution in [0.4, 0.5) is 0 Å². The topological polar surface area (TPSA) is 49.2 Å². The fraction of sp³-hybridized carbons (Fsp3) is 0.118. The van der Waals surface area contributed by atoms with Gasteiger partial charge in [-0.3, -0.25) is 4.98 Å². The van der Waals surface area contributed by atoms with E-state index in [4.69, 9.17) is 4.74 Å². The zero-order chi connectivity index (χ0) is 13.8. The molecule has 106 valence electrons. The van der Waals surface area contributed by atoms with Crippen LogP contribution in [0.2, 0.25) is 0 Å². The monoisotopic (exact) mass is 280 g/mol. The van der Waals surface area contributed by atoms with E-state index in [1.807, 2.05) is 54.7 Å². The third-order valence-electron chi connectivity index (χ3n) is 2.95. The van der Waals surface area contributed by atoms with E-state index >= 15 is 0 Å². The number of hydrogen-bond donors (Lipinski definition) is 0. The van der Waals surface area contributed by atoms with Crippen LogP contribution in [0, 0.1) is 0 Å². The molecule has 0 aromatic carbocycles. The van der Waals surface area contributed by atoms with Crippen molar-refractivity contribution < 1.29 is 9.72 Å². The van der Waals surface area contributed by atoms with E-state index in [2.05, 4.69) is 15.0 Å². The lowest BCUT2D eigenvalue weighted by Gasteiger charge is -2.05. The number of ether oxygens (including phenoxy) is 1. The molecular weight excluding hydrogens is 262 g/mol. The van der Waals surface area contributed by atoms with Gasteiger partial charge in [0.25, 0.3) is 0 Å². The van der Waals surface area contributed by atoms with Gasteiger partial charge in [-0.05, 0) is 18.2 Å². The Morgan fingerprint density at radius 3 is 2.43 bits per heavy atom. The van der Waals surface area contributed by atoms with Crippen molar-refractivity contribution in [3.8, 4) is 28.5 Å². The molecular formula is C17H18N3O+. The third kappa shape index (κ3) is 3.23. The SMILES string of the molecule is C.COc1cc(-c2ccccn2)nc(-c2cccc[nH+]2)c1. The molecule has 0 amide bonds. The first-order valence-corrected chi connectivity index (χ1v) is 6.31. The van der Waals surface area contributed by atoms with Gasteiger partial charge >= 0.3 is 0 Å². The zero-order valence-electron chi connectivity index (χ0n) is 11.1. The number of methoxy groups -OCH3 is 1. The minimum absolute atomic E-state index is 0. The normalized spacial score (nSPS) is 9.76. The Labute approximate surface area is 124 Å². The first-order chi connectivity index (χ1) is 9.86. The van der Waals surface area contributed by atoms with Gasteiger partial charge in [0.15, 0.2) is 6.20 Å². The van der Waals surface area contributed by atoms with Gasteiger partial charge in [0.1, 0.15) is 11.4 Å². The zero-order valence-corrected chi connectivity index (χ0v) is 11.1. The predicted molar refractivity (Wildman–Crippen MR) is 82.7 cm³/mol. The van der Waals surface area contributed by atoms with E-state index in [-0.39, 0.29) is 7.43 Å². The highest BCUT2D eigenvalue weighted by molar-refractivity contribution is 5.63. The summed E-state index contributed by atoms with van der Waals surface area (Å²) in [5.74, 6) is 0.757. The second kappa shape index (κ2) is 6.61. The lowest BCUT2D eigenvalue weighted by atomic mass is 10.2. The summed E-state index contributed by atoms with van der Waals surface area (Å²) in [5.41, 5.74) is 3.37. The molecule has 0 atom stereocenters. The van der Waals surface area contributed by atoms with Crippen molar-refractivity contribution in [2.75, 3.05) is 7.11 Å². The summed E-state index contributed by atoms with van der Waals surface area (Å²) >= 11 is 0. The summed E-state index contributed by atoms with van der Waals surface area (Å²) in [7, 11) is 1.65. The van der Waals surface area contributed by atoms with Gasteiger partial charge < -0.3 is 4.74 Å². The van der Waals surface area contributed by atoms with E-state index in [1.165, 1.54) is 0 Å². The average Bonchev–Trinajstić information content (AvgIpc) is 2.56. The number of hydrogen-bond acceptors (Lipinski definition) is 3. The van der Waals surface area contributed by atoms with Crippen molar-refractivity contribution >= 4 is 0 Å². The Bertz CT molecular complexity index is 642. The summed E-state index contributed by atoms with van der Waals surface area (Å²) in [6, 6.07) is 15.4. The Morgan fingerprint density at radius 1 is 0.952 bits per heavy atom. The number of pyridine rings is 3. The van der Waals surface area contributed by atoms with E-state index in [9.17, 15) is 0 Å². The minimum atomic E-state index is 0. The molecule has 0 saturated heterocycles. The van der Waals surface area contributed by atoms with Crippen LogP contribution in [-0.4, -0.2) is 17.1 Å². The first kappa shape index (κ1) is 14.7. The number of nitrogens with zero attached hydrogens (tertiary/aromatic N) is 2. The molecule has 0 unspecified atom stereocenters. The van der Waals surface area contributed by atoms with Gasteiger partial charge in [0.05, 0.1) is 18.5 Å². The van der Waals surface area contributed by atoms with Crippen molar-refractivity contribution in [1.29, 1.82) is 0 Å². The number of aromatic nitrogens is 3. The number of rotatable bonds is 3. The summed E-state index contributed by atoms with van der Waals surface area (Å²) in [6.45, 7) is 0. The maximum Gasteiger partial charge on any atom is 0.229 e. The summed E-state index contributed by atoms with van der Waals surface area (Å²) < 4.78 is 5.36. The van der Waals surface area contributed by atoms with Crippen LogP contribution in [0.25, 0.3) is 22.8 Å². The quantitative estimate of drug-likeness (QED) is 0.740. The Balaban J connectivity index is 0.00000161. The van der Waals surface area contributed by atoms with Crippen LogP contribution in [0.5, 0.6) is 5.75 Å². The summed E-state index contributed by atoms with van der Waals surface area (Å²) in [5, 5.41) is 0. The fourth-order valence-corrected chi connectivity index (χ4v) is 1.96. The van der Waals surface area contributed by atoms with Gasteiger partial charge in [0.2, 0.25) is 5.69 Å². The summed E-state index contributed by atoms with van der Waals surface area (Å²) in [4.78, 5) is 12.2. The van der Waals surface area contributed by atoms with Gasteiger partial charge in [-0.15, -0.1) is 0 Å². The molecule has 0 aliphatic heterocycles. The van der Waals surface area contributed by atoms with Crippen molar-refractivity contribution in [2.24, 2.45) is 0 Å². The van der Waals surface area contributed by atoms with Crippen molar-refractivity contribution in [1.82, 2.24) is 9.97 Å². The lowest BCUT2D eigenvalue weighted by Crippen LogP contribution is -2.06. The average molecular weight is 280 g/mol. The second-order valence-corrected chi connectivity index (χ2v) is 4.27. The van der Waals surface area contributed by atoms with Gasteiger partial charge in [-0.2, -0.15) is 0 Å². The molecule has 0 radical (unpaired) electrons. The molecule has 0 fully saturated rings.